The quantitative estimate of drug-likeness (QED) is 0.498. The van der Waals surface area contributed by atoms with Crippen molar-refractivity contribution >= 4 is 68.8 Å². The van der Waals surface area contributed by atoms with Gasteiger partial charge in [0.2, 0.25) is 0 Å². The lowest BCUT2D eigenvalue weighted by atomic mass is 10.1. The first kappa shape index (κ1) is 16.8. The Morgan fingerprint density at radius 3 is 2.38 bits per heavy atom. The monoisotopic (exact) mass is 450 g/mol. The minimum atomic E-state index is 0.510. The summed E-state index contributed by atoms with van der Waals surface area (Å²) in [5.74, 6) is 0. The topological polar surface area (TPSA) is 24.1 Å². The molecule has 2 aromatic rings. The zero-order valence-electron chi connectivity index (χ0n) is 11.0. The van der Waals surface area contributed by atoms with Crippen molar-refractivity contribution in [1.29, 1.82) is 0 Å². The summed E-state index contributed by atoms with van der Waals surface area (Å²) in [4.78, 5) is 0. The minimum absolute atomic E-state index is 0.510. The molecule has 21 heavy (non-hydrogen) atoms. The predicted molar refractivity (Wildman–Crippen MR) is 104 cm³/mol. The van der Waals surface area contributed by atoms with Crippen LogP contribution < -0.4 is 10.6 Å². The number of thiocarbonyl (C=S) groups is 1. The van der Waals surface area contributed by atoms with E-state index in [9.17, 15) is 0 Å². The first-order valence-corrected chi connectivity index (χ1v) is 8.54. The van der Waals surface area contributed by atoms with Gasteiger partial charge in [0.25, 0.3) is 0 Å². The zero-order chi connectivity index (χ0) is 15.2. The summed E-state index contributed by atoms with van der Waals surface area (Å²) >= 11 is 19.8. The van der Waals surface area contributed by atoms with E-state index >= 15 is 0 Å². The standard InChI is InChI=1S/C15H13Cl2IN2S/c16-11-5-3-6-12(17)14(11)20-15(21)19-9-8-10-4-1-2-7-13(10)18/h1-7H,8-9H2,(H2,19,20,21). The number of benzene rings is 2. The van der Waals surface area contributed by atoms with Crippen LogP contribution >= 0.6 is 58.0 Å². The van der Waals surface area contributed by atoms with Crippen molar-refractivity contribution in [3.63, 3.8) is 0 Å². The minimum Gasteiger partial charge on any atom is -0.362 e. The van der Waals surface area contributed by atoms with Crippen LogP contribution in [0.15, 0.2) is 42.5 Å². The van der Waals surface area contributed by atoms with Gasteiger partial charge < -0.3 is 10.6 Å². The Bertz CT molecular complexity index is 629. The van der Waals surface area contributed by atoms with Crippen LogP contribution in [0.3, 0.4) is 0 Å². The fourth-order valence-electron chi connectivity index (χ4n) is 1.79. The van der Waals surface area contributed by atoms with Crippen molar-refractivity contribution in [2.75, 3.05) is 11.9 Å². The van der Waals surface area contributed by atoms with Crippen LogP contribution in [0.2, 0.25) is 10.0 Å². The molecule has 2 rings (SSSR count). The van der Waals surface area contributed by atoms with Crippen molar-refractivity contribution in [3.8, 4) is 0 Å². The molecule has 0 amide bonds. The van der Waals surface area contributed by atoms with E-state index < -0.39 is 0 Å². The van der Waals surface area contributed by atoms with Gasteiger partial charge in [-0.15, -0.1) is 0 Å². The maximum absolute atomic E-state index is 6.09. The fourth-order valence-corrected chi connectivity index (χ4v) is 3.14. The van der Waals surface area contributed by atoms with Crippen LogP contribution in [-0.4, -0.2) is 11.7 Å². The van der Waals surface area contributed by atoms with Gasteiger partial charge in [-0.3, -0.25) is 0 Å². The molecule has 0 aromatic heterocycles. The largest absolute Gasteiger partial charge is 0.362 e. The predicted octanol–water partition coefficient (Wildman–Crippen LogP) is 5.13. The maximum atomic E-state index is 6.09. The summed E-state index contributed by atoms with van der Waals surface area (Å²) in [6, 6.07) is 13.6. The number of halogens is 3. The molecule has 0 fully saturated rings. The highest BCUT2D eigenvalue weighted by atomic mass is 127. The highest BCUT2D eigenvalue weighted by Gasteiger charge is 2.07. The van der Waals surface area contributed by atoms with Crippen LogP contribution in [0.5, 0.6) is 0 Å². The van der Waals surface area contributed by atoms with Crippen LogP contribution in [0.25, 0.3) is 0 Å². The second-order valence-electron chi connectivity index (χ2n) is 4.32. The molecule has 0 spiro atoms. The normalized spacial score (nSPS) is 10.2. The summed E-state index contributed by atoms with van der Waals surface area (Å²) in [6.07, 6.45) is 0.900. The van der Waals surface area contributed by atoms with Crippen molar-refractivity contribution in [2.24, 2.45) is 0 Å². The molecule has 0 saturated carbocycles. The summed E-state index contributed by atoms with van der Waals surface area (Å²) in [5, 5.41) is 7.80. The molecule has 0 aliphatic heterocycles. The van der Waals surface area contributed by atoms with Gasteiger partial charge in [0.05, 0.1) is 15.7 Å². The number of hydrogen-bond donors (Lipinski definition) is 2. The van der Waals surface area contributed by atoms with Gasteiger partial charge >= 0.3 is 0 Å². The van der Waals surface area contributed by atoms with Gasteiger partial charge in [-0.25, -0.2) is 0 Å². The summed E-state index contributed by atoms with van der Waals surface area (Å²) in [6.45, 7) is 0.744. The maximum Gasteiger partial charge on any atom is 0.170 e. The van der Waals surface area contributed by atoms with Crippen LogP contribution in [0, 0.1) is 3.57 Å². The molecular weight excluding hydrogens is 438 g/mol. The van der Waals surface area contributed by atoms with Gasteiger partial charge in [0, 0.05) is 10.1 Å². The van der Waals surface area contributed by atoms with Gasteiger partial charge in [-0.05, 0) is 65.0 Å². The van der Waals surface area contributed by atoms with Gasteiger partial charge in [0.1, 0.15) is 0 Å². The van der Waals surface area contributed by atoms with Crippen LogP contribution in [-0.2, 0) is 6.42 Å². The Labute approximate surface area is 153 Å². The van der Waals surface area contributed by atoms with E-state index in [1.165, 1.54) is 9.13 Å². The number of para-hydroxylation sites is 1. The first-order valence-electron chi connectivity index (χ1n) is 6.30. The van der Waals surface area contributed by atoms with Gasteiger partial charge in [-0.2, -0.15) is 0 Å². The SMILES string of the molecule is S=C(NCCc1ccccc1I)Nc1c(Cl)cccc1Cl. The Kier molecular flexibility index (Phi) is 6.54. The average Bonchev–Trinajstić information content (AvgIpc) is 2.45. The zero-order valence-corrected chi connectivity index (χ0v) is 15.5. The summed E-state index contributed by atoms with van der Waals surface area (Å²) in [7, 11) is 0. The Morgan fingerprint density at radius 2 is 1.71 bits per heavy atom. The first-order chi connectivity index (χ1) is 10.1. The summed E-state index contributed by atoms with van der Waals surface area (Å²) < 4.78 is 1.25. The Hall–Kier alpha value is -0.560. The van der Waals surface area contributed by atoms with E-state index in [1.54, 1.807) is 18.2 Å². The molecule has 0 heterocycles. The van der Waals surface area contributed by atoms with Crippen LogP contribution in [0.4, 0.5) is 5.69 Å². The van der Waals surface area contributed by atoms with Crippen molar-refractivity contribution < 1.29 is 0 Å². The molecule has 0 radical (unpaired) electrons. The highest BCUT2D eigenvalue weighted by molar-refractivity contribution is 14.1. The molecule has 0 saturated heterocycles. The lowest BCUT2D eigenvalue weighted by Gasteiger charge is -2.13. The molecule has 2 N–H and O–H groups in total. The van der Waals surface area contributed by atoms with E-state index in [1.807, 2.05) is 12.1 Å². The third-order valence-corrected chi connectivity index (χ3v) is 4.77. The van der Waals surface area contributed by atoms with E-state index in [0.29, 0.717) is 20.8 Å². The van der Waals surface area contributed by atoms with Crippen molar-refractivity contribution in [1.82, 2.24) is 5.32 Å². The average molecular weight is 451 g/mol. The molecule has 0 unspecified atom stereocenters. The second-order valence-corrected chi connectivity index (χ2v) is 6.70. The molecule has 6 heteroatoms. The molecule has 2 nitrogen and oxygen atoms in total. The highest BCUT2D eigenvalue weighted by Crippen LogP contribution is 2.29. The number of hydrogen-bond acceptors (Lipinski definition) is 1. The number of rotatable bonds is 4. The van der Waals surface area contributed by atoms with E-state index in [0.717, 1.165) is 13.0 Å². The molecule has 0 bridgehead atoms. The number of nitrogens with one attached hydrogen (secondary N) is 2. The Balaban J connectivity index is 1.87. The molecular formula is C15H13Cl2IN2S. The molecule has 0 aliphatic rings. The second kappa shape index (κ2) is 8.17. The van der Waals surface area contributed by atoms with E-state index in [-0.39, 0.29) is 0 Å². The third kappa shape index (κ3) is 4.98. The van der Waals surface area contributed by atoms with E-state index in [2.05, 4.69) is 45.4 Å². The van der Waals surface area contributed by atoms with Crippen LogP contribution in [0.1, 0.15) is 5.56 Å². The molecule has 0 aliphatic carbocycles. The lowest BCUT2D eigenvalue weighted by molar-refractivity contribution is 0.870. The van der Waals surface area contributed by atoms with Gasteiger partial charge in [0.15, 0.2) is 5.11 Å². The fraction of sp³-hybridized carbons (Fsp3) is 0.133. The van der Waals surface area contributed by atoms with Gasteiger partial charge in [-0.1, -0.05) is 47.5 Å². The Morgan fingerprint density at radius 1 is 1.05 bits per heavy atom. The van der Waals surface area contributed by atoms with Crippen molar-refractivity contribution in [2.45, 2.75) is 6.42 Å². The lowest BCUT2D eigenvalue weighted by Crippen LogP contribution is -2.30. The summed E-state index contributed by atoms with van der Waals surface area (Å²) in [5.41, 5.74) is 1.93. The molecule has 2 aromatic carbocycles. The molecule has 0 atom stereocenters. The smallest absolute Gasteiger partial charge is 0.170 e. The molecule has 110 valence electrons. The van der Waals surface area contributed by atoms with E-state index in [4.69, 9.17) is 35.4 Å². The number of anilines is 1. The van der Waals surface area contributed by atoms with Crippen molar-refractivity contribution in [3.05, 3.63) is 61.6 Å². The third-order valence-electron chi connectivity index (χ3n) is 2.84.